The van der Waals surface area contributed by atoms with Gasteiger partial charge < -0.3 is 21.1 Å². The van der Waals surface area contributed by atoms with Crippen molar-refractivity contribution in [1.82, 2.24) is 5.32 Å². The second-order valence-corrected chi connectivity index (χ2v) is 17.1. The lowest BCUT2D eigenvalue weighted by atomic mass is 10.0. The summed E-state index contributed by atoms with van der Waals surface area (Å²) in [4.78, 5) is 22.8. The Hall–Kier alpha value is -1.28. The summed E-state index contributed by atoms with van der Waals surface area (Å²) in [7, 11) is -4.32. The number of unbranched alkanes of at least 4 members (excludes halogenated alkanes) is 25. The number of phosphoric acid groups is 1. The first-order chi connectivity index (χ1) is 26.9. The van der Waals surface area contributed by atoms with Gasteiger partial charge in [0.1, 0.15) is 0 Å². The first kappa shape index (κ1) is 53.7. The van der Waals surface area contributed by atoms with Gasteiger partial charge in [0.25, 0.3) is 0 Å². The first-order valence-corrected chi connectivity index (χ1v) is 24.6. The third kappa shape index (κ3) is 40.7. The van der Waals surface area contributed by atoms with Crippen molar-refractivity contribution in [3.63, 3.8) is 0 Å². The van der Waals surface area contributed by atoms with Gasteiger partial charge in [-0.3, -0.25) is 13.8 Å². The van der Waals surface area contributed by atoms with Crippen molar-refractivity contribution >= 4 is 13.7 Å². The molecule has 5 N–H and O–H groups in total. The number of aliphatic hydroxyl groups is 1. The third-order valence-electron chi connectivity index (χ3n) is 10.2. The van der Waals surface area contributed by atoms with Crippen LogP contribution in [0.1, 0.15) is 219 Å². The molecular formula is C46H89N2O6P. The van der Waals surface area contributed by atoms with Gasteiger partial charge in [-0.1, -0.05) is 198 Å². The second kappa shape index (κ2) is 42.3. The van der Waals surface area contributed by atoms with Crippen LogP contribution in [0.5, 0.6) is 0 Å². The fourth-order valence-electron chi connectivity index (χ4n) is 6.73. The van der Waals surface area contributed by atoms with Crippen LogP contribution in [0.15, 0.2) is 36.5 Å². The molecule has 0 aliphatic heterocycles. The van der Waals surface area contributed by atoms with E-state index in [1.807, 2.05) is 0 Å². The van der Waals surface area contributed by atoms with Crippen molar-refractivity contribution in [2.24, 2.45) is 5.73 Å². The predicted octanol–water partition coefficient (Wildman–Crippen LogP) is 13.1. The number of nitrogens with one attached hydrogen (secondary N) is 1. The highest BCUT2D eigenvalue weighted by Gasteiger charge is 2.27. The van der Waals surface area contributed by atoms with Crippen molar-refractivity contribution < 1.29 is 28.4 Å². The maximum atomic E-state index is 12.8. The van der Waals surface area contributed by atoms with E-state index < -0.39 is 20.0 Å². The smallest absolute Gasteiger partial charge is 0.391 e. The maximum absolute atomic E-state index is 12.8. The number of rotatable bonds is 43. The number of nitrogens with two attached hydrogens (primary N) is 1. The lowest BCUT2D eigenvalue weighted by Gasteiger charge is -2.25. The molecule has 324 valence electrons. The summed E-state index contributed by atoms with van der Waals surface area (Å²) in [6, 6.07) is -0.778. The zero-order valence-electron chi connectivity index (χ0n) is 35.9. The van der Waals surface area contributed by atoms with E-state index >= 15 is 0 Å². The zero-order chi connectivity index (χ0) is 40.3. The minimum absolute atomic E-state index is 0.0869. The topological polar surface area (TPSA) is 131 Å². The molecule has 0 aromatic rings. The number of aliphatic hydroxyl groups excluding tert-OH is 1. The molecule has 0 fully saturated rings. The van der Waals surface area contributed by atoms with E-state index in [1.54, 1.807) is 0 Å². The quantitative estimate of drug-likeness (QED) is 0.0274. The largest absolute Gasteiger partial charge is 0.472 e. The lowest BCUT2D eigenvalue weighted by molar-refractivity contribution is -0.123. The van der Waals surface area contributed by atoms with Gasteiger partial charge in [-0.25, -0.2) is 4.57 Å². The van der Waals surface area contributed by atoms with Crippen molar-refractivity contribution in [3.05, 3.63) is 36.5 Å². The SMILES string of the molecule is CCCCCCC/C=C\C/C=C\C/C=C\CCCCCCCCCCC(=O)NC(COP(=O)(O)OCCN)C(O)CCCCCCCCCCCCCCC. The molecule has 0 rings (SSSR count). The Morgan fingerprint density at radius 3 is 1.45 bits per heavy atom. The minimum atomic E-state index is -4.32. The van der Waals surface area contributed by atoms with Crippen molar-refractivity contribution in [3.8, 4) is 0 Å². The summed E-state index contributed by atoms with van der Waals surface area (Å²) in [6.07, 6.45) is 50.1. The fraction of sp³-hybridized carbons (Fsp3) is 0.848. The summed E-state index contributed by atoms with van der Waals surface area (Å²) in [6.45, 7) is 4.19. The first-order valence-electron chi connectivity index (χ1n) is 23.1. The van der Waals surface area contributed by atoms with Crippen molar-refractivity contribution in [1.29, 1.82) is 0 Å². The average Bonchev–Trinajstić information content (AvgIpc) is 3.17. The Morgan fingerprint density at radius 2 is 1.00 bits per heavy atom. The van der Waals surface area contributed by atoms with Crippen LogP contribution in [-0.4, -0.2) is 47.8 Å². The predicted molar refractivity (Wildman–Crippen MR) is 235 cm³/mol. The molecule has 8 nitrogen and oxygen atoms in total. The summed E-state index contributed by atoms with van der Waals surface area (Å²) >= 11 is 0. The van der Waals surface area contributed by atoms with Crippen LogP contribution in [0.25, 0.3) is 0 Å². The van der Waals surface area contributed by atoms with E-state index in [2.05, 4.69) is 55.6 Å². The molecule has 0 spiro atoms. The van der Waals surface area contributed by atoms with Crippen LogP contribution < -0.4 is 11.1 Å². The molecule has 0 bridgehead atoms. The van der Waals surface area contributed by atoms with Crippen LogP contribution >= 0.6 is 7.82 Å². The molecule has 0 aliphatic carbocycles. The molecule has 9 heteroatoms. The van der Waals surface area contributed by atoms with Crippen LogP contribution in [0, 0.1) is 0 Å². The molecule has 0 radical (unpaired) electrons. The number of hydrogen-bond acceptors (Lipinski definition) is 6. The zero-order valence-corrected chi connectivity index (χ0v) is 36.8. The van der Waals surface area contributed by atoms with E-state index in [1.165, 1.54) is 135 Å². The Balaban J connectivity index is 4.10. The highest BCUT2D eigenvalue weighted by atomic mass is 31.2. The number of carbonyl (C=O) groups is 1. The van der Waals surface area contributed by atoms with Crippen LogP contribution in [0.3, 0.4) is 0 Å². The molecule has 3 unspecified atom stereocenters. The molecule has 0 aromatic carbocycles. The molecule has 0 aromatic heterocycles. The summed E-state index contributed by atoms with van der Waals surface area (Å²) in [5.41, 5.74) is 5.38. The Morgan fingerprint density at radius 1 is 0.600 bits per heavy atom. The summed E-state index contributed by atoms with van der Waals surface area (Å²) < 4.78 is 22.2. The molecular weight excluding hydrogens is 707 g/mol. The molecule has 0 saturated heterocycles. The van der Waals surface area contributed by atoms with Gasteiger partial charge in [0.05, 0.1) is 25.4 Å². The van der Waals surface area contributed by atoms with Crippen molar-refractivity contribution in [2.45, 2.75) is 231 Å². The third-order valence-corrected chi connectivity index (χ3v) is 11.2. The standard InChI is InChI=1S/C46H89N2O6P/c1-3-5-7-9-11-13-15-17-18-19-20-21-22-23-24-25-26-28-30-32-34-36-38-40-46(50)48-44(43-54-55(51,52)53-42-41-47)45(49)39-37-35-33-31-29-27-16-14-12-10-8-6-4-2/h15,17,19-20,22-23,44-45,49H,3-14,16,18,21,24-43,47H2,1-2H3,(H,48,50)(H,51,52)/b17-15-,20-19-,23-22-. The fourth-order valence-corrected chi connectivity index (χ4v) is 7.49. The molecule has 1 amide bonds. The number of phosphoric ester groups is 1. The molecule has 0 saturated carbocycles. The second-order valence-electron chi connectivity index (χ2n) is 15.6. The number of carbonyl (C=O) groups excluding carboxylic acids is 1. The minimum Gasteiger partial charge on any atom is -0.391 e. The lowest BCUT2D eigenvalue weighted by Crippen LogP contribution is -2.46. The molecule has 55 heavy (non-hydrogen) atoms. The van der Waals surface area contributed by atoms with Gasteiger partial charge in [-0.05, 0) is 51.4 Å². The summed E-state index contributed by atoms with van der Waals surface area (Å²) in [5, 5.41) is 13.8. The van der Waals surface area contributed by atoms with Gasteiger partial charge in [0.15, 0.2) is 0 Å². The average molecular weight is 797 g/mol. The number of amides is 1. The Kier molecular flexibility index (Phi) is 41.3. The number of allylic oxidation sites excluding steroid dienone is 6. The highest BCUT2D eigenvalue weighted by molar-refractivity contribution is 7.47. The van der Waals surface area contributed by atoms with E-state index in [4.69, 9.17) is 14.8 Å². The normalized spacial score (nSPS) is 14.3. The Bertz CT molecular complexity index is 959. The van der Waals surface area contributed by atoms with Crippen LogP contribution in [-0.2, 0) is 18.4 Å². The molecule has 0 heterocycles. The van der Waals surface area contributed by atoms with Crippen LogP contribution in [0.4, 0.5) is 0 Å². The summed E-state index contributed by atoms with van der Waals surface area (Å²) in [5.74, 6) is -0.169. The van der Waals surface area contributed by atoms with E-state index in [9.17, 15) is 19.4 Å². The van der Waals surface area contributed by atoms with Gasteiger partial charge in [0.2, 0.25) is 5.91 Å². The monoisotopic (exact) mass is 797 g/mol. The van der Waals surface area contributed by atoms with E-state index in [-0.39, 0.29) is 25.7 Å². The van der Waals surface area contributed by atoms with Gasteiger partial charge in [-0.15, -0.1) is 0 Å². The Labute approximate surface area is 340 Å². The van der Waals surface area contributed by atoms with Gasteiger partial charge in [-0.2, -0.15) is 0 Å². The number of hydrogen-bond donors (Lipinski definition) is 4. The van der Waals surface area contributed by atoms with E-state index in [0.717, 1.165) is 57.8 Å². The van der Waals surface area contributed by atoms with Gasteiger partial charge in [0, 0.05) is 13.0 Å². The van der Waals surface area contributed by atoms with E-state index in [0.29, 0.717) is 12.8 Å². The highest BCUT2D eigenvalue weighted by Crippen LogP contribution is 2.43. The molecule has 3 atom stereocenters. The van der Waals surface area contributed by atoms with Crippen LogP contribution in [0.2, 0.25) is 0 Å². The van der Waals surface area contributed by atoms with Crippen molar-refractivity contribution in [2.75, 3.05) is 19.8 Å². The maximum Gasteiger partial charge on any atom is 0.472 e. The van der Waals surface area contributed by atoms with Gasteiger partial charge >= 0.3 is 7.82 Å². The molecule has 0 aliphatic rings.